The summed E-state index contributed by atoms with van der Waals surface area (Å²) in [6, 6.07) is 0. The zero-order valence-corrected chi connectivity index (χ0v) is 3.62. The zero-order chi connectivity index (χ0) is 2.00. The van der Waals surface area contributed by atoms with Gasteiger partial charge in [0.15, 0.2) is 0 Å². The van der Waals surface area contributed by atoms with Gasteiger partial charge in [0.1, 0.15) is 0 Å². The molecule has 0 aliphatic rings. The molecule has 0 atom stereocenters. The third kappa shape index (κ3) is 1270. The van der Waals surface area contributed by atoms with E-state index in [0.717, 1.165) is 0 Å². The molecule has 0 aliphatic heterocycles. The molecule has 0 radical (unpaired) electrons. The summed E-state index contributed by atoms with van der Waals surface area (Å²) in [7, 11) is 0. The molecule has 0 spiro atoms. The Morgan fingerprint density at radius 1 is 0.667 bits per heavy atom. The quantitative estimate of drug-likeness (QED) is 0.221. The van der Waals surface area contributed by atoms with Crippen molar-refractivity contribution in [3.05, 3.63) is 0 Å². The molecule has 0 N–H and O–H groups in total. The second-order valence-electron chi connectivity index (χ2n) is 0. The number of hydrogen-bond acceptors (Lipinski definition) is 0. The van der Waals surface area contributed by atoms with Crippen molar-refractivity contribution in [2.24, 2.45) is 0 Å². The van der Waals surface area contributed by atoms with Gasteiger partial charge in [0.25, 0.3) is 0 Å². The summed E-state index contributed by atoms with van der Waals surface area (Å²) in [5.74, 6) is 0. The van der Waals surface area contributed by atoms with Crippen LogP contribution in [0.15, 0.2) is 0 Å². The van der Waals surface area contributed by atoms with Gasteiger partial charge in [-0.3, -0.25) is 0 Å². The maximum absolute atomic E-state index is 8.00. The smallest absolute Gasteiger partial charge is 1.00 e. The maximum Gasteiger partial charge on any atom is 3.00 e. The molecule has 0 rings (SSSR count). The van der Waals surface area contributed by atoms with Gasteiger partial charge in [0, 0.05) is 9.15 Å². The number of hydrogen-bond donors (Lipinski definition) is 0. The van der Waals surface area contributed by atoms with Gasteiger partial charge in [-0.1, -0.05) is 0 Å². The van der Waals surface area contributed by atoms with Crippen LogP contribution in [0.2, 0.25) is 0 Å². The predicted octanol–water partition coefficient (Wildman–Crippen LogP) is -8.53. The predicted molar refractivity (Wildman–Crippen MR) is 7.97 cm³/mol. The number of halogens is 5. The minimum absolute atomic E-state index is 0. The Morgan fingerprint density at radius 3 is 0.667 bits per heavy atom. The van der Waals surface area contributed by atoms with E-state index in [1.54, 1.807) is 0 Å². The van der Waals surface area contributed by atoms with Gasteiger partial charge in [-0.2, -0.15) is 0 Å². The first-order valence-corrected chi connectivity index (χ1v) is 0.143. The molecule has 0 saturated carbocycles. The topological polar surface area (TPSA) is 0 Å². The van der Waals surface area contributed by atoms with Crippen molar-refractivity contribution in [2.75, 3.05) is 0 Å². The maximum atomic E-state index is 8.00. The molecule has 6 heteroatoms. The van der Waals surface area contributed by atoms with E-state index >= 15 is 0 Å². The summed E-state index contributed by atoms with van der Waals surface area (Å²) in [6.07, 6.45) is 0. The summed E-state index contributed by atoms with van der Waals surface area (Å²) in [5.41, 5.74) is 0. The fourth-order valence-corrected chi connectivity index (χ4v) is 0. The molecule has 0 bridgehead atoms. The Kier molecular flexibility index (Phi) is 53900. The SMILES string of the molecule is FF.[Al+3].[F-].[F-].[F-]. The first-order valence-electron chi connectivity index (χ1n) is 0.143. The van der Waals surface area contributed by atoms with Gasteiger partial charge in [-0.15, -0.1) is 0 Å². The second-order valence-corrected chi connectivity index (χ2v) is 0. The summed E-state index contributed by atoms with van der Waals surface area (Å²) in [6.45, 7) is 0. The molecule has 38 valence electrons. The van der Waals surface area contributed by atoms with Crippen LogP contribution in [-0.2, 0) is 0 Å². The van der Waals surface area contributed by atoms with Gasteiger partial charge in [-0.25, -0.2) is 0 Å². The molecule has 0 amide bonds. The Hall–Kier alpha value is 0.182. The second kappa shape index (κ2) is 2720. The molecule has 0 fully saturated rings. The van der Waals surface area contributed by atoms with E-state index in [-0.39, 0.29) is 31.5 Å². The van der Waals surface area contributed by atoms with Crippen molar-refractivity contribution in [1.29, 1.82) is 0 Å². The molecular formula is AlF5. The van der Waals surface area contributed by atoms with Crippen molar-refractivity contribution in [2.45, 2.75) is 0 Å². The monoisotopic (exact) mass is 122 g/mol. The van der Waals surface area contributed by atoms with E-state index < -0.39 is 0 Å². The van der Waals surface area contributed by atoms with Crippen LogP contribution in [0.5, 0.6) is 0 Å². The van der Waals surface area contributed by atoms with Crippen molar-refractivity contribution in [3.63, 3.8) is 0 Å². The summed E-state index contributed by atoms with van der Waals surface area (Å²) >= 11 is 0. The van der Waals surface area contributed by atoms with Crippen molar-refractivity contribution < 1.29 is 23.3 Å². The summed E-state index contributed by atoms with van der Waals surface area (Å²) < 4.78 is 16.0. The van der Waals surface area contributed by atoms with Crippen molar-refractivity contribution in [1.82, 2.24) is 0 Å². The minimum Gasteiger partial charge on any atom is -1.00 e. The average Bonchev–Trinajstić information content (AvgIpc) is 1.00. The fraction of sp³-hybridized carbons (Fsp3) is 0. The normalized spacial score (nSPS) is 1.00. The van der Waals surface area contributed by atoms with Crippen LogP contribution in [0.25, 0.3) is 0 Å². The standard InChI is InChI=1S/Al.F2.3FH/c;1-2;;;/h;;3*1H/q+3;;;;/p-3. The summed E-state index contributed by atoms with van der Waals surface area (Å²) in [4.78, 5) is 0. The first-order chi connectivity index (χ1) is 1.00. The van der Waals surface area contributed by atoms with Crippen LogP contribution in [0.4, 0.5) is 9.15 Å². The molecule has 0 saturated heterocycles. The average molecular weight is 122 g/mol. The van der Waals surface area contributed by atoms with Crippen molar-refractivity contribution >= 4 is 17.4 Å². The van der Waals surface area contributed by atoms with E-state index in [9.17, 15) is 0 Å². The fourth-order valence-electron chi connectivity index (χ4n) is 0. The molecule has 0 aliphatic carbocycles. The van der Waals surface area contributed by atoms with Gasteiger partial charge in [0.2, 0.25) is 0 Å². The van der Waals surface area contributed by atoms with E-state index in [1.807, 2.05) is 0 Å². The molecule has 0 aromatic rings. The molecular weight excluding hydrogens is 122 g/mol. The van der Waals surface area contributed by atoms with Gasteiger partial charge in [0.05, 0.1) is 0 Å². The van der Waals surface area contributed by atoms with E-state index in [2.05, 4.69) is 0 Å². The van der Waals surface area contributed by atoms with Crippen LogP contribution in [0, 0.1) is 0 Å². The Morgan fingerprint density at radius 2 is 0.667 bits per heavy atom. The zero-order valence-electron chi connectivity index (χ0n) is 2.47. The van der Waals surface area contributed by atoms with Crippen LogP contribution in [0.1, 0.15) is 0 Å². The largest absolute Gasteiger partial charge is 3.00 e. The molecule has 0 aromatic heterocycles. The Balaban J connectivity index is -0.000000000833. The molecule has 6 heavy (non-hydrogen) atoms. The molecule has 0 unspecified atom stereocenters. The first kappa shape index (κ1) is 119. The van der Waals surface area contributed by atoms with Gasteiger partial charge in [-0.05, 0) is 0 Å². The Bertz CT molecular complexity index is 3.90. The van der Waals surface area contributed by atoms with E-state index in [4.69, 9.17) is 9.15 Å². The molecule has 0 nitrogen and oxygen atoms in total. The van der Waals surface area contributed by atoms with Gasteiger partial charge < -0.3 is 14.1 Å². The van der Waals surface area contributed by atoms with Crippen LogP contribution >= 0.6 is 0 Å². The molecule has 0 aromatic carbocycles. The van der Waals surface area contributed by atoms with Gasteiger partial charge >= 0.3 is 17.4 Å². The van der Waals surface area contributed by atoms with Crippen LogP contribution in [-0.4, -0.2) is 17.4 Å². The van der Waals surface area contributed by atoms with Crippen molar-refractivity contribution in [3.8, 4) is 0 Å². The third-order valence-corrected chi connectivity index (χ3v) is 0. The van der Waals surface area contributed by atoms with Crippen LogP contribution < -0.4 is 14.1 Å². The Labute approximate surface area is 41.6 Å². The minimum atomic E-state index is 0. The number of rotatable bonds is 0. The summed E-state index contributed by atoms with van der Waals surface area (Å²) in [5, 5.41) is 0. The van der Waals surface area contributed by atoms with Crippen LogP contribution in [0.3, 0.4) is 0 Å². The third-order valence-electron chi connectivity index (χ3n) is 0. The van der Waals surface area contributed by atoms with E-state index in [1.165, 1.54) is 0 Å². The van der Waals surface area contributed by atoms with E-state index in [0.29, 0.717) is 0 Å². The molecule has 0 heterocycles.